The topological polar surface area (TPSA) is 96.2 Å². The van der Waals surface area contributed by atoms with Gasteiger partial charge in [-0.15, -0.1) is 33.0 Å². The van der Waals surface area contributed by atoms with Gasteiger partial charge in [0, 0.05) is 30.1 Å². The van der Waals surface area contributed by atoms with Crippen LogP contribution in [0.3, 0.4) is 0 Å². The lowest BCUT2D eigenvalue weighted by Gasteiger charge is -2.27. The lowest BCUT2D eigenvalue weighted by atomic mass is 9.97. The molecule has 0 aromatic heterocycles. The molecule has 0 radical (unpaired) electrons. The summed E-state index contributed by atoms with van der Waals surface area (Å²) < 4.78 is 19.9. The molecule has 9 heteroatoms. The standard InChI is InChI=1S/C13H26Cl2O3.HO3P/c1-3-9-17-12(18-10-4-2)5-6-13(16,11-15)7-8-14;1-4(2)3/h12,16H,3-11H2,1-2H3;(H-,1,2,3)/p+1. The summed E-state index contributed by atoms with van der Waals surface area (Å²) in [7, 11) is -2.87. The first-order valence-corrected chi connectivity index (χ1v) is 9.51. The lowest BCUT2D eigenvalue weighted by molar-refractivity contribution is -0.152. The molecule has 134 valence electrons. The molecular weight excluding hydrogens is 354 g/mol. The van der Waals surface area contributed by atoms with Gasteiger partial charge in [-0.2, -0.15) is 0 Å². The second kappa shape index (κ2) is 16.3. The van der Waals surface area contributed by atoms with Crippen molar-refractivity contribution in [3.63, 3.8) is 0 Å². The highest BCUT2D eigenvalue weighted by Gasteiger charge is 2.26. The van der Waals surface area contributed by atoms with E-state index in [2.05, 4.69) is 13.8 Å². The second-order valence-electron chi connectivity index (χ2n) is 4.76. The van der Waals surface area contributed by atoms with E-state index in [0.29, 0.717) is 38.4 Å². The van der Waals surface area contributed by atoms with Crippen LogP contribution in [0, 0.1) is 0 Å². The number of hydrogen-bond donors (Lipinski definition) is 3. The summed E-state index contributed by atoms with van der Waals surface area (Å²) in [5.41, 5.74) is -0.910. The van der Waals surface area contributed by atoms with E-state index >= 15 is 0 Å². The van der Waals surface area contributed by atoms with Gasteiger partial charge in [0.2, 0.25) is 0 Å². The van der Waals surface area contributed by atoms with Gasteiger partial charge in [0.05, 0.1) is 11.5 Å². The van der Waals surface area contributed by atoms with Crippen molar-refractivity contribution in [3.8, 4) is 0 Å². The molecule has 0 rings (SSSR count). The van der Waals surface area contributed by atoms with Gasteiger partial charge in [0.15, 0.2) is 6.29 Å². The fraction of sp³-hybridized carbons (Fsp3) is 1.00. The monoisotopic (exact) mass is 381 g/mol. The van der Waals surface area contributed by atoms with Gasteiger partial charge in [-0.3, -0.25) is 0 Å². The largest absolute Gasteiger partial charge is 0.692 e. The third-order valence-electron chi connectivity index (χ3n) is 2.67. The highest BCUT2D eigenvalue weighted by molar-refractivity contribution is 7.30. The van der Waals surface area contributed by atoms with E-state index in [0.717, 1.165) is 12.8 Å². The van der Waals surface area contributed by atoms with Crippen molar-refractivity contribution in [1.82, 2.24) is 0 Å². The van der Waals surface area contributed by atoms with Crippen LogP contribution in [0.25, 0.3) is 0 Å². The van der Waals surface area contributed by atoms with Gasteiger partial charge in [-0.25, -0.2) is 0 Å². The number of aliphatic hydroxyl groups is 1. The Kier molecular flexibility index (Phi) is 18.4. The fourth-order valence-corrected chi connectivity index (χ4v) is 2.15. The second-order valence-corrected chi connectivity index (χ2v) is 5.91. The van der Waals surface area contributed by atoms with Crippen LogP contribution >= 0.6 is 31.5 Å². The third kappa shape index (κ3) is 16.8. The summed E-state index contributed by atoms with van der Waals surface area (Å²) in [5.74, 6) is 0.591. The number of rotatable bonds is 12. The summed E-state index contributed by atoms with van der Waals surface area (Å²) in [4.78, 5) is 14.2. The van der Waals surface area contributed by atoms with E-state index in [4.69, 9.17) is 47.0 Å². The average Bonchev–Trinajstić information content (AvgIpc) is 2.46. The summed E-state index contributed by atoms with van der Waals surface area (Å²) in [6.07, 6.45) is 3.32. The van der Waals surface area contributed by atoms with Crippen LogP contribution in [0.5, 0.6) is 0 Å². The molecule has 22 heavy (non-hydrogen) atoms. The highest BCUT2D eigenvalue weighted by Crippen LogP contribution is 2.22. The average molecular weight is 382 g/mol. The molecule has 0 aliphatic rings. The van der Waals surface area contributed by atoms with Crippen molar-refractivity contribution in [2.24, 2.45) is 0 Å². The molecule has 0 bridgehead atoms. The first kappa shape index (κ1) is 24.7. The zero-order chi connectivity index (χ0) is 17.4. The van der Waals surface area contributed by atoms with Gasteiger partial charge in [-0.1, -0.05) is 13.8 Å². The molecule has 0 aromatic rings. The maximum atomic E-state index is 10.2. The normalized spacial score (nSPS) is 13.5. The number of halogens is 2. The van der Waals surface area contributed by atoms with E-state index in [1.54, 1.807) is 0 Å². The predicted molar refractivity (Wildman–Crippen MR) is 88.6 cm³/mol. The van der Waals surface area contributed by atoms with Crippen molar-refractivity contribution in [2.75, 3.05) is 25.0 Å². The Bertz CT molecular complexity index is 261. The Hall–Kier alpha value is 0.480. The maximum absolute atomic E-state index is 10.2. The van der Waals surface area contributed by atoms with Crippen LogP contribution in [-0.4, -0.2) is 51.8 Å². The van der Waals surface area contributed by atoms with Gasteiger partial charge < -0.3 is 14.6 Å². The van der Waals surface area contributed by atoms with Crippen LogP contribution in [0.1, 0.15) is 46.0 Å². The molecule has 0 saturated heterocycles. The smallest absolute Gasteiger partial charge is 0.389 e. The summed E-state index contributed by atoms with van der Waals surface area (Å²) >= 11 is 11.5. The van der Waals surface area contributed by atoms with Gasteiger partial charge in [0.25, 0.3) is 0 Å². The Labute approximate surface area is 143 Å². The lowest BCUT2D eigenvalue weighted by Crippen LogP contribution is -2.33. The molecule has 0 amide bonds. The van der Waals surface area contributed by atoms with Crippen molar-refractivity contribution in [1.29, 1.82) is 0 Å². The van der Waals surface area contributed by atoms with Crippen molar-refractivity contribution in [3.05, 3.63) is 0 Å². The minimum atomic E-state index is -2.87. The number of alkyl halides is 2. The van der Waals surface area contributed by atoms with Gasteiger partial charge in [0.1, 0.15) is 0 Å². The minimum Gasteiger partial charge on any atom is -0.389 e. The summed E-state index contributed by atoms with van der Waals surface area (Å²) in [6, 6.07) is 0. The molecule has 3 N–H and O–H groups in total. The van der Waals surface area contributed by atoms with Crippen LogP contribution < -0.4 is 0 Å². The number of ether oxygens (including phenoxy) is 2. The Morgan fingerprint density at radius 2 is 1.55 bits per heavy atom. The predicted octanol–water partition coefficient (Wildman–Crippen LogP) is 3.17. The minimum absolute atomic E-state index is 0.188. The maximum Gasteiger partial charge on any atom is 0.692 e. The third-order valence-corrected chi connectivity index (χ3v) is 3.36. The van der Waals surface area contributed by atoms with Crippen LogP contribution in [0.15, 0.2) is 0 Å². The Morgan fingerprint density at radius 1 is 1.09 bits per heavy atom. The Balaban J connectivity index is 0. The van der Waals surface area contributed by atoms with Gasteiger partial charge in [-0.05, 0) is 25.7 Å². The molecule has 0 aromatic carbocycles. The van der Waals surface area contributed by atoms with Crippen LogP contribution in [-0.2, 0) is 14.0 Å². The van der Waals surface area contributed by atoms with E-state index in [1.807, 2.05) is 0 Å². The summed E-state index contributed by atoms with van der Waals surface area (Å²) in [6.45, 7) is 5.45. The molecule has 6 nitrogen and oxygen atoms in total. The van der Waals surface area contributed by atoms with Crippen LogP contribution in [0.2, 0.25) is 0 Å². The molecule has 0 heterocycles. The first-order valence-electron chi connectivity index (χ1n) is 7.27. The number of hydrogen-bond acceptors (Lipinski definition) is 4. The van der Waals surface area contributed by atoms with Crippen molar-refractivity contribution < 1.29 is 28.9 Å². The molecule has 1 unspecified atom stereocenters. The SMILES string of the molecule is CCCOC(CCC(O)(CCl)CCCl)OCCC.O=[P+](O)O. The molecule has 0 aliphatic carbocycles. The summed E-state index contributed by atoms with van der Waals surface area (Å²) in [5, 5.41) is 10.2. The highest BCUT2D eigenvalue weighted by atomic mass is 35.5. The quantitative estimate of drug-likeness (QED) is 0.273. The molecule has 0 spiro atoms. The molecule has 0 fully saturated rings. The van der Waals surface area contributed by atoms with Crippen LogP contribution in [0.4, 0.5) is 0 Å². The van der Waals surface area contributed by atoms with E-state index in [1.165, 1.54) is 0 Å². The zero-order valence-corrected chi connectivity index (χ0v) is 15.6. The Morgan fingerprint density at radius 3 is 1.86 bits per heavy atom. The molecular formula is C13H28Cl2O6P+. The molecule has 1 atom stereocenters. The zero-order valence-electron chi connectivity index (χ0n) is 13.2. The molecule has 0 saturated carbocycles. The van der Waals surface area contributed by atoms with Crippen molar-refractivity contribution >= 4 is 31.5 Å². The molecule has 0 aliphatic heterocycles. The van der Waals surface area contributed by atoms with Crippen molar-refractivity contribution in [2.45, 2.75) is 57.8 Å². The van der Waals surface area contributed by atoms with E-state index in [9.17, 15) is 5.11 Å². The first-order chi connectivity index (χ1) is 10.3. The van der Waals surface area contributed by atoms with E-state index < -0.39 is 13.9 Å². The van der Waals surface area contributed by atoms with E-state index in [-0.39, 0.29) is 12.2 Å². The fourth-order valence-electron chi connectivity index (χ4n) is 1.53. The van der Waals surface area contributed by atoms with Gasteiger partial charge >= 0.3 is 8.25 Å².